The lowest BCUT2D eigenvalue weighted by molar-refractivity contribution is -0.852. The topological polar surface area (TPSA) is 108 Å². The summed E-state index contributed by atoms with van der Waals surface area (Å²) in [5.41, 5.74) is 1.25. The van der Waals surface area contributed by atoms with E-state index in [1.807, 2.05) is 11.0 Å². The summed E-state index contributed by atoms with van der Waals surface area (Å²) in [7, 11) is 0. The Morgan fingerprint density at radius 3 is 2.77 bits per heavy atom. The first kappa shape index (κ1) is 18.9. The number of quaternary nitrogens is 1. The molecule has 0 N–H and O–H groups in total. The number of Topliss-reactive ketones (excluding diaryl/α,β-unsaturated/α-hetero) is 1. The summed E-state index contributed by atoms with van der Waals surface area (Å²) in [5, 5.41) is 13.2. The second-order valence-corrected chi connectivity index (χ2v) is 8.34. The molecule has 4 heterocycles. The first-order valence-corrected chi connectivity index (χ1v) is 9.82. The van der Waals surface area contributed by atoms with Gasteiger partial charge >= 0.3 is 6.03 Å². The van der Waals surface area contributed by atoms with Crippen LogP contribution in [0, 0.1) is 25.2 Å². The van der Waals surface area contributed by atoms with Gasteiger partial charge in [0.25, 0.3) is 5.91 Å². The van der Waals surface area contributed by atoms with Gasteiger partial charge < -0.3 is 4.52 Å². The van der Waals surface area contributed by atoms with Gasteiger partial charge in [0, 0.05) is 6.07 Å². The van der Waals surface area contributed by atoms with E-state index in [1.165, 1.54) is 6.07 Å². The van der Waals surface area contributed by atoms with Gasteiger partial charge in [-0.2, -0.15) is 10.2 Å². The van der Waals surface area contributed by atoms with E-state index in [4.69, 9.17) is 16.1 Å². The Morgan fingerprint density at radius 2 is 2.10 bits per heavy atom. The first-order chi connectivity index (χ1) is 14.3. The molecule has 152 valence electrons. The average Bonchev–Trinajstić information content (AvgIpc) is 3.47. The molecule has 0 saturated carbocycles. The molecule has 1 aromatic carbocycles. The molecule has 5 rings (SSSR count). The van der Waals surface area contributed by atoms with E-state index in [0.717, 1.165) is 4.90 Å². The van der Waals surface area contributed by atoms with E-state index >= 15 is 0 Å². The highest BCUT2D eigenvalue weighted by Crippen LogP contribution is 2.45. The van der Waals surface area contributed by atoms with Crippen LogP contribution in [0.15, 0.2) is 22.7 Å². The van der Waals surface area contributed by atoms with Gasteiger partial charge in [-0.1, -0.05) is 16.8 Å². The lowest BCUT2D eigenvalue weighted by Crippen LogP contribution is -2.62. The number of ketones is 1. The molecule has 1 spiro atoms. The normalized spacial score (nSPS) is 29.4. The number of nitriles is 1. The van der Waals surface area contributed by atoms with Crippen molar-refractivity contribution in [3.05, 3.63) is 45.8 Å². The number of aryl methyl sites for hydroxylation is 1. The van der Waals surface area contributed by atoms with Crippen molar-refractivity contribution in [3.8, 4) is 6.07 Å². The number of aromatic nitrogens is 1. The van der Waals surface area contributed by atoms with E-state index < -0.39 is 18.1 Å². The molecule has 1 aromatic heterocycles. The highest BCUT2D eigenvalue weighted by atomic mass is 35.5. The lowest BCUT2D eigenvalue weighted by atomic mass is 10.0. The Morgan fingerprint density at radius 1 is 1.33 bits per heavy atom. The van der Waals surface area contributed by atoms with E-state index in [-0.39, 0.29) is 32.5 Å². The van der Waals surface area contributed by atoms with Gasteiger partial charge in [0.1, 0.15) is 18.5 Å². The molecule has 10 heteroatoms. The van der Waals surface area contributed by atoms with Crippen LogP contribution in [0.5, 0.6) is 0 Å². The quantitative estimate of drug-likeness (QED) is 0.419. The SMILES string of the molecule is Cc1cc(C(=O)C2CN3CC4C(=O)N(c5ccc(C#N)c(Cl)c5C)C(=O)[N+]24C3)no1. The molecule has 9 nitrogen and oxygen atoms in total. The highest BCUT2D eigenvalue weighted by Gasteiger charge is 2.73. The lowest BCUT2D eigenvalue weighted by Gasteiger charge is -2.32. The fourth-order valence-electron chi connectivity index (χ4n) is 4.92. The van der Waals surface area contributed by atoms with Gasteiger partial charge in [-0.25, -0.2) is 14.2 Å². The summed E-state index contributed by atoms with van der Waals surface area (Å²) in [5.74, 6) is -0.168. The number of imide groups is 1. The number of fused-ring (bicyclic) bond motifs is 1. The zero-order valence-electron chi connectivity index (χ0n) is 16.3. The van der Waals surface area contributed by atoms with Gasteiger partial charge in [-0.3, -0.25) is 9.59 Å². The summed E-state index contributed by atoms with van der Waals surface area (Å²) in [4.78, 5) is 43.3. The van der Waals surface area contributed by atoms with Crippen molar-refractivity contribution in [2.24, 2.45) is 0 Å². The van der Waals surface area contributed by atoms with Crippen LogP contribution in [-0.2, 0) is 4.79 Å². The van der Waals surface area contributed by atoms with Gasteiger partial charge in [0.2, 0.25) is 5.78 Å². The van der Waals surface area contributed by atoms with E-state index in [9.17, 15) is 19.6 Å². The maximum absolute atomic E-state index is 13.7. The summed E-state index contributed by atoms with van der Waals surface area (Å²) in [6, 6.07) is 4.74. The standard InChI is InChI=1S/C20H17ClN5O4/c1-10-5-13(23-30-10)18(27)15-7-24-8-16-19(28)25(20(29)26(15,16)9-24)14-4-3-12(6-22)17(21)11(14)2/h3-5,15-16H,7-9H2,1-2H3/q+1. The molecule has 0 radical (unpaired) electrons. The molecule has 2 aromatic rings. The van der Waals surface area contributed by atoms with Crippen LogP contribution in [-0.4, -0.2) is 64.1 Å². The van der Waals surface area contributed by atoms with Crippen LogP contribution in [0.3, 0.4) is 0 Å². The maximum atomic E-state index is 13.7. The van der Waals surface area contributed by atoms with Gasteiger partial charge in [0.05, 0.1) is 29.4 Å². The first-order valence-electron chi connectivity index (χ1n) is 9.44. The molecule has 0 aliphatic carbocycles. The molecule has 3 aliphatic heterocycles. The Balaban J connectivity index is 1.58. The van der Waals surface area contributed by atoms with E-state index in [2.05, 4.69) is 5.16 Å². The third-order valence-corrected chi connectivity index (χ3v) is 6.85. The zero-order valence-corrected chi connectivity index (χ0v) is 17.0. The number of carbonyl (C=O) groups excluding carboxylic acids is 3. The van der Waals surface area contributed by atoms with E-state index in [0.29, 0.717) is 36.8 Å². The molecule has 3 fully saturated rings. The number of urea groups is 1. The number of halogens is 1. The minimum Gasteiger partial charge on any atom is -0.361 e. The molecule has 4 atom stereocenters. The van der Waals surface area contributed by atoms with Crippen molar-refractivity contribution in [2.45, 2.75) is 25.9 Å². The minimum absolute atomic E-state index is 0.161. The molecule has 3 amide bonds. The molecular formula is C20H17ClN5O4+. The van der Waals surface area contributed by atoms with Crippen LogP contribution >= 0.6 is 11.6 Å². The number of benzene rings is 1. The summed E-state index contributed by atoms with van der Waals surface area (Å²) in [6.07, 6.45) is 0. The number of amides is 3. The second-order valence-electron chi connectivity index (χ2n) is 7.97. The largest absolute Gasteiger partial charge is 0.433 e. The Hall–Kier alpha value is -3.06. The van der Waals surface area contributed by atoms with Crippen molar-refractivity contribution in [1.29, 1.82) is 5.26 Å². The zero-order chi connectivity index (χ0) is 21.4. The number of anilines is 1. The average molecular weight is 427 g/mol. The van der Waals surface area contributed by atoms with Gasteiger partial charge in [0.15, 0.2) is 17.8 Å². The predicted molar refractivity (Wildman–Crippen MR) is 104 cm³/mol. The highest BCUT2D eigenvalue weighted by molar-refractivity contribution is 6.33. The molecule has 30 heavy (non-hydrogen) atoms. The summed E-state index contributed by atoms with van der Waals surface area (Å²) >= 11 is 6.27. The van der Waals surface area contributed by atoms with Crippen molar-refractivity contribution in [1.82, 2.24) is 10.1 Å². The molecular weight excluding hydrogens is 410 g/mol. The minimum atomic E-state index is -0.733. The third-order valence-electron chi connectivity index (χ3n) is 6.36. The van der Waals surface area contributed by atoms with Crippen LogP contribution in [0.1, 0.15) is 27.4 Å². The Bertz CT molecular complexity index is 1180. The second kappa shape index (κ2) is 6.22. The van der Waals surface area contributed by atoms with E-state index in [1.54, 1.807) is 26.0 Å². The number of hydrogen-bond acceptors (Lipinski definition) is 7. The van der Waals surface area contributed by atoms with Crippen molar-refractivity contribution >= 4 is 35.0 Å². The smallest absolute Gasteiger partial charge is 0.361 e. The number of rotatable bonds is 3. The number of carbonyl (C=O) groups is 3. The summed E-state index contributed by atoms with van der Waals surface area (Å²) in [6.45, 7) is 4.43. The molecule has 3 saturated heterocycles. The van der Waals surface area contributed by atoms with Crippen LogP contribution in [0.2, 0.25) is 5.02 Å². The van der Waals surface area contributed by atoms with Crippen LogP contribution < -0.4 is 4.90 Å². The maximum Gasteiger partial charge on any atom is 0.433 e. The predicted octanol–water partition coefficient (Wildman–Crippen LogP) is 2.01. The van der Waals surface area contributed by atoms with Crippen molar-refractivity contribution in [3.63, 3.8) is 0 Å². The van der Waals surface area contributed by atoms with Crippen LogP contribution in [0.25, 0.3) is 0 Å². The third kappa shape index (κ3) is 2.24. The molecule has 2 bridgehead atoms. The van der Waals surface area contributed by atoms with Gasteiger partial charge in [-0.15, -0.1) is 0 Å². The van der Waals surface area contributed by atoms with Crippen molar-refractivity contribution < 1.29 is 23.4 Å². The van der Waals surface area contributed by atoms with Crippen molar-refractivity contribution in [2.75, 3.05) is 24.7 Å². The number of hydrogen-bond donors (Lipinski definition) is 0. The number of nitrogens with zero attached hydrogens (tertiary/aromatic N) is 5. The fraction of sp³-hybridized carbons (Fsp3) is 0.350. The Labute approximate surface area is 176 Å². The fourth-order valence-corrected chi connectivity index (χ4v) is 5.12. The van der Waals surface area contributed by atoms with Crippen LogP contribution in [0.4, 0.5) is 10.5 Å². The monoisotopic (exact) mass is 426 g/mol. The number of piperazine rings is 1. The van der Waals surface area contributed by atoms with Gasteiger partial charge in [-0.05, 0) is 31.5 Å². The molecule has 3 aliphatic rings. The summed E-state index contributed by atoms with van der Waals surface area (Å²) < 4.78 is 4.77. The Kier molecular flexibility index (Phi) is 3.92. The molecule has 4 unspecified atom stereocenters.